The van der Waals surface area contributed by atoms with Gasteiger partial charge in [0.15, 0.2) is 5.69 Å². The van der Waals surface area contributed by atoms with Crippen molar-refractivity contribution < 1.29 is 14.7 Å². The van der Waals surface area contributed by atoms with E-state index in [4.69, 9.17) is 5.11 Å². The van der Waals surface area contributed by atoms with E-state index in [0.717, 1.165) is 0 Å². The second-order valence-electron chi connectivity index (χ2n) is 2.97. The van der Waals surface area contributed by atoms with E-state index < -0.39 is 5.97 Å². The number of aryl methyl sites for hydroxylation is 1. The Labute approximate surface area is 86.9 Å². The number of nitrogens with zero attached hydrogens (tertiary/aromatic N) is 2. The zero-order chi connectivity index (χ0) is 11.3. The Morgan fingerprint density at radius 1 is 1.60 bits per heavy atom. The largest absolute Gasteiger partial charge is 0.476 e. The molecule has 6 nitrogen and oxygen atoms in total. The molecule has 1 heterocycles. The summed E-state index contributed by atoms with van der Waals surface area (Å²) in [5.41, 5.74) is -0.00843. The van der Waals surface area contributed by atoms with Crippen molar-refractivity contribution in [3.63, 3.8) is 0 Å². The number of hydrogen-bond donors (Lipinski definition) is 2. The van der Waals surface area contributed by atoms with Crippen LogP contribution in [0, 0.1) is 0 Å². The zero-order valence-electron chi connectivity index (χ0n) is 8.43. The van der Waals surface area contributed by atoms with Gasteiger partial charge in [0.05, 0.1) is 0 Å². The molecule has 0 aliphatic heterocycles. The van der Waals surface area contributed by atoms with Crippen LogP contribution >= 0.6 is 0 Å². The number of carboxylic acid groups (broad SMARTS) is 1. The molecule has 0 bridgehead atoms. The van der Waals surface area contributed by atoms with Crippen molar-refractivity contribution in [1.29, 1.82) is 0 Å². The molecule has 0 aromatic carbocycles. The molecule has 0 atom stereocenters. The molecule has 0 aliphatic carbocycles. The van der Waals surface area contributed by atoms with Crippen LogP contribution in [0.25, 0.3) is 0 Å². The summed E-state index contributed by atoms with van der Waals surface area (Å²) in [6.07, 6.45) is 1.84. The van der Waals surface area contributed by atoms with Gasteiger partial charge in [0.25, 0.3) is 0 Å². The third-order valence-electron chi connectivity index (χ3n) is 1.80. The van der Waals surface area contributed by atoms with E-state index in [9.17, 15) is 9.59 Å². The Morgan fingerprint density at radius 2 is 2.33 bits per heavy atom. The summed E-state index contributed by atoms with van der Waals surface area (Å²) >= 11 is 0. The number of carboxylic acids is 1. The summed E-state index contributed by atoms with van der Waals surface area (Å²) in [4.78, 5) is 21.6. The van der Waals surface area contributed by atoms with Gasteiger partial charge in [-0.3, -0.25) is 9.48 Å². The van der Waals surface area contributed by atoms with E-state index in [1.165, 1.54) is 10.7 Å². The fourth-order valence-electron chi connectivity index (χ4n) is 1.10. The molecule has 6 heteroatoms. The number of carbonyl (C=O) groups excluding carboxylic acids is 1. The number of amides is 1. The van der Waals surface area contributed by atoms with Crippen LogP contribution in [0.3, 0.4) is 0 Å². The summed E-state index contributed by atoms with van der Waals surface area (Å²) in [6.45, 7) is 2.83. The number of nitrogens with one attached hydrogen (secondary N) is 1. The minimum atomic E-state index is -1.06. The Hall–Kier alpha value is -1.85. The highest BCUT2D eigenvalue weighted by molar-refractivity contribution is 5.85. The fourth-order valence-corrected chi connectivity index (χ4v) is 1.10. The lowest BCUT2D eigenvalue weighted by Crippen LogP contribution is -2.23. The van der Waals surface area contributed by atoms with Crippen LogP contribution in [0.2, 0.25) is 0 Å². The molecular formula is C9H13N3O3. The van der Waals surface area contributed by atoms with Crippen molar-refractivity contribution in [3.8, 4) is 0 Å². The van der Waals surface area contributed by atoms with Crippen molar-refractivity contribution in [2.24, 2.45) is 0 Å². The topological polar surface area (TPSA) is 84.2 Å². The molecule has 1 aromatic rings. The van der Waals surface area contributed by atoms with Crippen molar-refractivity contribution >= 4 is 11.9 Å². The molecule has 0 fully saturated rings. The minimum absolute atomic E-state index is 0.00843. The smallest absolute Gasteiger partial charge is 0.356 e. The summed E-state index contributed by atoms with van der Waals surface area (Å²) < 4.78 is 1.44. The number of rotatable bonds is 5. The summed E-state index contributed by atoms with van der Waals surface area (Å²) in [7, 11) is 0. The number of aromatic carboxylic acids is 1. The SMILES string of the molecule is CCNC(=O)CCn1ccc(C(=O)O)n1. The Morgan fingerprint density at radius 3 is 2.87 bits per heavy atom. The number of aromatic nitrogens is 2. The summed E-state index contributed by atoms with van der Waals surface area (Å²) in [5.74, 6) is -1.13. The molecule has 82 valence electrons. The predicted octanol–water partition coefficient (Wildman–Crippen LogP) is 0.107. The van der Waals surface area contributed by atoms with Gasteiger partial charge in [-0.25, -0.2) is 4.79 Å². The first-order chi connectivity index (χ1) is 7.13. The van der Waals surface area contributed by atoms with Gasteiger partial charge in [-0.2, -0.15) is 5.10 Å². The Kier molecular flexibility index (Phi) is 3.84. The molecule has 0 saturated carbocycles. The molecular weight excluding hydrogens is 198 g/mol. The highest BCUT2D eigenvalue weighted by atomic mass is 16.4. The number of carbonyl (C=O) groups is 2. The molecule has 0 unspecified atom stereocenters. The van der Waals surface area contributed by atoms with Crippen molar-refractivity contribution in [2.75, 3.05) is 6.54 Å². The highest BCUT2D eigenvalue weighted by Crippen LogP contribution is 1.96. The first-order valence-corrected chi connectivity index (χ1v) is 4.67. The van der Waals surface area contributed by atoms with Crippen LogP contribution in [0.1, 0.15) is 23.8 Å². The maximum absolute atomic E-state index is 11.1. The van der Waals surface area contributed by atoms with Gasteiger partial charge in [-0.05, 0) is 13.0 Å². The first kappa shape index (κ1) is 11.2. The van der Waals surface area contributed by atoms with E-state index in [1.54, 1.807) is 6.20 Å². The van der Waals surface area contributed by atoms with Gasteiger partial charge in [-0.15, -0.1) is 0 Å². The van der Waals surface area contributed by atoms with Gasteiger partial charge in [0.2, 0.25) is 5.91 Å². The van der Waals surface area contributed by atoms with E-state index in [-0.39, 0.29) is 11.6 Å². The third-order valence-corrected chi connectivity index (χ3v) is 1.80. The monoisotopic (exact) mass is 211 g/mol. The number of hydrogen-bond acceptors (Lipinski definition) is 3. The van der Waals surface area contributed by atoms with Crippen molar-refractivity contribution in [2.45, 2.75) is 19.9 Å². The van der Waals surface area contributed by atoms with Crippen LogP contribution in [0.15, 0.2) is 12.3 Å². The summed E-state index contributed by atoms with van der Waals surface area (Å²) in [6, 6.07) is 1.40. The molecule has 1 amide bonds. The lowest BCUT2D eigenvalue weighted by atomic mass is 10.4. The zero-order valence-corrected chi connectivity index (χ0v) is 8.43. The van der Waals surface area contributed by atoms with Crippen molar-refractivity contribution in [3.05, 3.63) is 18.0 Å². The van der Waals surface area contributed by atoms with Crippen LogP contribution in [0.5, 0.6) is 0 Å². The van der Waals surface area contributed by atoms with E-state index in [1.807, 2.05) is 6.92 Å². The predicted molar refractivity (Wildman–Crippen MR) is 52.5 cm³/mol. The standard InChI is InChI=1S/C9H13N3O3/c1-2-10-8(13)4-6-12-5-3-7(11-12)9(14)15/h3,5H,2,4,6H2,1H3,(H,10,13)(H,14,15). The van der Waals surface area contributed by atoms with Gasteiger partial charge >= 0.3 is 5.97 Å². The van der Waals surface area contributed by atoms with E-state index in [0.29, 0.717) is 19.5 Å². The van der Waals surface area contributed by atoms with Crippen molar-refractivity contribution in [1.82, 2.24) is 15.1 Å². The lowest BCUT2D eigenvalue weighted by molar-refractivity contribution is -0.121. The lowest BCUT2D eigenvalue weighted by Gasteiger charge is -2.01. The quantitative estimate of drug-likeness (QED) is 0.723. The minimum Gasteiger partial charge on any atom is -0.476 e. The molecule has 0 aliphatic rings. The highest BCUT2D eigenvalue weighted by Gasteiger charge is 2.07. The average molecular weight is 211 g/mol. The molecule has 0 saturated heterocycles. The third kappa shape index (κ3) is 3.41. The first-order valence-electron chi connectivity index (χ1n) is 4.67. The fraction of sp³-hybridized carbons (Fsp3) is 0.444. The molecule has 15 heavy (non-hydrogen) atoms. The average Bonchev–Trinajstić information content (AvgIpc) is 2.63. The molecule has 2 N–H and O–H groups in total. The van der Waals surface area contributed by atoms with Crippen LogP contribution in [-0.4, -0.2) is 33.3 Å². The van der Waals surface area contributed by atoms with Gasteiger partial charge in [-0.1, -0.05) is 0 Å². The Balaban J connectivity index is 2.44. The van der Waals surface area contributed by atoms with Crippen LogP contribution in [0.4, 0.5) is 0 Å². The molecule has 0 spiro atoms. The second-order valence-corrected chi connectivity index (χ2v) is 2.97. The normalized spacial score (nSPS) is 9.93. The maximum Gasteiger partial charge on any atom is 0.356 e. The maximum atomic E-state index is 11.1. The summed E-state index contributed by atoms with van der Waals surface area (Å²) in [5, 5.41) is 15.0. The molecule has 1 aromatic heterocycles. The molecule has 1 rings (SSSR count). The Bertz CT molecular complexity index is 359. The second kappa shape index (κ2) is 5.14. The van der Waals surface area contributed by atoms with Gasteiger partial charge in [0, 0.05) is 25.7 Å². The van der Waals surface area contributed by atoms with Crippen LogP contribution < -0.4 is 5.32 Å². The molecule has 0 radical (unpaired) electrons. The van der Waals surface area contributed by atoms with Gasteiger partial charge < -0.3 is 10.4 Å². The van der Waals surface area contributed by atoms with Gasteiger partial charge in [0.1, 0.15) is 0 Å². The van der Waals surface area contributed by atoms with E-state index >= 15 is 0 Å². The van der Waals surface area contributed by atoms with E-state index in [2.05, 4.69) is 10.4 Å². The van der Waals surface area contributed by atoms with Crippen LogP contribution in [-0.2, 0) is 11.3 Å².